The predicted octanol–water partition coefficient (Wildman–Crippen LogP) is 5.01. The fourth-order valence-corrected chi connectivity index (χ4v) is 4.75. The average Bonchev–Trinajstić information content (AvgIpc) is 2.76. The van der Waals surface area contributed by atoms with Gasteiger partial charge in [-0.25, -0.2) is 4.98 Å². The van der Waals surface area contributed by atoms with Crippen LogP contribution in [-0.2, 0) is 11.3 Å². The molecule has 0 bridgehead atoms. The van der Waals surface area contributed by atoms with E-state index in [0.29, 0.717) is 34.1 Å². The van der Waals surface area contributed by atoms with Crippen LogP contribution >= 0.6 is 11.8 Å². The molecule has 0 fully saturated rings. The molecule has 6 nitrogen and oxygen atoms in total. The molecule has 1 aliphatic carbocycles. The van der Waals surface area contributed by atoms with Crippen LogP contribution in [0.15, 0.2) is 33.7 Å². The van der Waals surface area contributed by atoms with E-state index < -0.39 is 5.41 Å². The molecule has 0 spiro atoms. The summed E-state index contributed by atoms with van der Waals surface area (Å²) in [5.41, 5.74) is 1.39. The maximum atomic E-state index is 13.4. The van der Waals surface area contributed by atoms with Gasteiger partial charge in [-0.2, -0.15) is 0 Å². The highest BCUT2D eigenvalue weighted by atomic mass is 32.2. The van der Waals surface area contributed by atoms with Crippen LogP contribution in [0, 0.1) is 5.41 Å². The standard InChI is InChI=1S/C24H32N2O4S/c1-24(2,3)21(27)15-31-23-25-18-14-20(30-5)19(29-4)13-17(18)22(28)26(23)12-11-16-9-7-6-8-10-16/h9,13-14H,6-8,10-12,15H2,1-5H3. The molecular formula is C24H32N2O4S. The molecule has 0 amide bonds. The van der Waals surface area contributed by atoms with Gasteiger partial charge in [0.15, 0.2) is 16.7 Å². The van der Waals surface area contributed by atoms with Crippen molar-refractivity contribution >= 4 is 28.4 Å². The highest BCUT2D eigenvalue weighted by Gasteiger charge is 2.23. The van der Waals surface area contributed by atoms with Crippen LogP contribution in [0.4, 0.5) is 0 Å². The second-order valence-corrected chi connectivity index (χ2v) is 9.84. The van der Waals surface area contributed by atoms with Gasteiger partial charge in [-0.1, -0.05) is 44.2 Å². The second kappa shape index (κ2) is 9.90. The molecular weight excluding hydrogens is 412 g/mol. The van der Waals surface area contributed by atoms with Gasteiger partial charge < -0.3 is 9.47 Å². The van der Waals surface area contributed by atoms with Gasteiger partial charge in [-0.05, 0) is 38.2 Å². The summed E-state index contributed by atoms with van der Waals surface area (Å²) in [5.74, 6) is 1.42. The third kappa shape index (κ3) is 5.50. The number of rotatable bonds is 8. The van der Waals surface area contributed by atoms with E-state index in [0.717, 1.165) is 19.3 Å². The third-order valence-electron chi connectivity index (χ3n) is 5.63. The van der Waals surface area contributed by atoms with Gasteiger partial charge in [-0.3, -0.25) is 14.2 Å². The highest BCUT2D eigenvalue weighted by Crippen LogP contribution is 2.32. The van der Waals surface area contributed by atoms with Gasteiger partial charge in [0.1, 0.15) is 5.78 Å². The number of hydrogen-bond donors (Lipinski definition) is 0. The van der Waals surface area contributed by atoms with Gasteiger partial charge in [-0.15, -0.1) is 0 Å². The van der Waals surface area contributed by atoms with E-state index >= 15 is 0 Å². The average molecular weight is 445 g/mol. The number of hydrogen-bond acceptors (Lipinski definition) is 6. The van der Waals surface area contributed by atoms with E-state index in [2.05, 4.69) is 6.08 Å². The zero-order valence-corrected chi connectivity index (χ0v) is 19.9. The van der Waals surface area contributed by atoms with Gasteiger partial charge in [0.25, 0.3) is 5.56 Å². The molecule has 0 N–H and O–H groups in total. The lowest BCUT2D eigenvalue weighted by Gasteiger charge is -2.19. The number of carbonyl (C=O) groups is 1. The van der Waals surface area contributed by atoms with E-state index in [1.165, 1.54) is 30.2 Å². The molecule has 1 aromatic heterocycles. The largest absolute Gasteiger partial charge is 0.493 e. The zero-order valence-electron chi connectivity index (χ0n) is 19.1. The van der Waals surface area contributed by atoms with Gasteiger partial charge in [0.2, 0.25) is 0 Å². The Hall–Kier alpha value is -2.28. The van der Waals surface area contributed by atoms with Crippen LogP contribution in [0.5, 0.6) is 11.5 Å². The Bertz CT molecular complexity index is 1050. The van der Waals surface area contributed by atoms with E-state index in [1.807, 2.05) is 20.8 Å². The van der Waals surface area contributed by atoms with Crippen LogP contribution in [0.25, 0.3) is 10.9 Å². The van der Waals surface area contributed by atoms with Gasteiger partial charge in [0, 0.05) is 18.0 Å². The lowest BCUT2D eigenvalue weighted by Crippen LogP contribution is -2.26. The molecule has 168 valence electrons. The van der Waals surface area contributed by atoms with Crippen molar-refractivity contribution in [2.24, 2.45) is 5.41 Å². The van der Waals surface area contributed by atoms with Crippen molar-refractivity contribution < 1.29 is 14.3 Å². The number of thioether (sulfide) groups is 1. The maximum Gasteiger partial charge on any atom is 0.262 e. The number of aromatic nitrogens is 2. The molecule has 1 heterocycles. The van der Waals surface area contributed by atoms with Gasteiger partial charge in [0.05, 0.1) is 30.9 Å². The molecule has 0 saturated carbocycles. The lowest BCUT2D eigenvalue weighted by atomic mass is 9.92. The fraction of sp³-hybridized carbons (Fsp3) is 0.542. The Kier molecular flexibility index (Phi) is 7.46. The molecule has 0 unspecified atom stereocenters. The van der Waals surface area contributed by atoms with Crippen molar-refractivity contribution in [3.8, 4) is 11.5 Å². The molecule has 0 atom stereocenters. The molecule has 1 aromatic carbocycles. The summed E-state index contributed by atoms with van der Waals surface area (Å²) in [4.78, 5) is 30.7. The molecule has 0 radical (unpaired) electrons. The quantitative estimate of drug-likeness (QED) is 0.324. The fourth-order valence-electron chi connectivity index (χ4n) is 3.57. The maximum absolute atomic E-state index is 13.4. The number of methoxy groups -OCH3 is 2. The molecule has 0 saturated heterocycles. The monoisotopic (exact) mass is 444 g/mol. The van der Waals surface area contributed by atoms with Crippen molar-refractivity contribution in [1.82, 2.24) is 9.55 Å². The minimum absolute atomic E-state index is 0.118. The SMILES string of the molecule is COc1cc2nc(SCC(=O)C(C)(C)C)n(CCC3=CCCCC3)c(=O)c2cc1OC. The predicted molar refractivity (Wildman–Crippen MR) is 125 cm³/mol. The Balaban J connectivity index is 2.02. The number of ketones is 1. The summed E-state index contributed by atoms with van der Waals surface area (Å²) in [6, 6.07) is 3.41. The number of carbonyl (C=O) groups excluding carboxylic acids is 1. The first kappa shape index (κ1) is 23.4. The first-order valence-corrected chi connectivity index (χ1v) is 11.7. The summed E-state index contributed by atoms with van der Waals surface area (Å²) in [5, 5.41) is 1.06. The highest BCUT2D eigenvalue weighted by molar-refractivity contribution is 7.99. The first-order chi connectivity index (χ1) is 14.7. The van der Waals surface area contributed by atoms with E-state index in [-0.39, 0.29) is 17.1 Å². The van der Waals surface area contributed by atoms with Crippen molar-refractivity contribution in [2.45, 2.75) is 64.6 Å². The van der Waals surface area contributed by atoms with Gasteiger partial charge >= 0.3 is 0 Å². The first-order valence-electron chi connectivity index (χ1n) is 10.7. The third-order valence-corrected chi connectivity index (χ3v) is 6.61. The van der Waals surface area contributed by atoms with E-state index in [1.54, 1.807) is 30.9 Å². The minimum Gasteiger partial charge on any atom is -0.493 e. The second-order valence-electron chi connectivity index (χ2n) is 8.90. The Labute approximate surface area is 188 Å². The number of ether oxygens (including phenoxy) is 2. The molecule has 2 aromatic rings. The number of benzene rings is 1. The number of fused-ring (bicyclic) bond motifs is 1. The number of Topliss-reactive ketones (excluding diaryl/α,β-unsaturated/α-hetero) is 1. The van der Waals surface area contributed by atoms with Crippen molar-refractivity contribution in [3.63, 3.8) is 0 Å². The van der Waals surface area contributed by atoms with Crippen LogP contribution in [-0.4, -0.2) is 35.3 Å². The van der Waals surface area contributed by atoms with Crippen LogP contribution in [0.3, 0.4) is 0 Å². The topological polar surface area (TPSA) is 70.4 Å². The van der Waals surface area contributed by atoms with Crippen LogP contribution in [0.2, 0.25) is 0 Å². The van der Waals surface area contributed by atoms with Crippen LogP contribution in [0.1, 0.15) is 52.9 Å². The van der Waals surface area contributed by atoms with E-state index in [9.17, 15) is 9.59 Å². The summed E-state index contributed by atoms with van der Waals surface area (Å²) in [7, 11) is 3.11. The molecule has 1 aliphatic rings. The van der Waals surface area contributed by atoms with Crippen molar-refractivity contribution in [2.75, 3.05) is 20.0 Å². The summed E-state index contributed by atoms with van der Waals surface area (Å²) < 4.78 is 12.5. The summed E-state index contributed by atoms with van der Waals surface area (Å²) in [6.07, 6.45) is 7.76. The Morgan fingerprint density at radius 1 is 1.16 bits per heavy atom. The molecule has 7 heteroatoms. The number of nitrogens with zero attached hydrogens (tertiary/aromatic N) is 2. The molecule has 0 aliphatic heterocycles. The smallest absolute Gasteiger partial charge is 0.262 e. The summed E-state index contributed by atoms with van der Waals surface area (Å²) >= 11 is 1.33. The lowest BCUT2D eigenvalue weighted by molar-refractivity contribution is -0.123. The Morgan fingerprint density at radius 2 is 1.87 bits per heavy atom. The zero-order chi connectivity index (χ0) is 22.6. The van der Waals surface area contributed by atoms with Crippen LogP contribution < -0.4 is 15.0 Å². The molecule has 31 heavy (non-hydrogen) atoms. The normalized spacial score (nSPS) is 14.4. The Morgan fingerprint density at radius 3 is 2.48 bits per heavy atom. The van der Waals surface area contributed by atoms with E-state index in [4.69, 9.17) is 14.5 Å². The summed E-state index contributed by atoms with van der Waals surface area (Å²) in [6.45, 7) is 6.27. The number of allylic oxidation sites excluding steroid dienone is 2. The van der Waals surface area contributed by atoms with Crippen molar-refractivity contribution in [1.29, 1.82) is 0 Å². The van der Waals surface area contributed by atoms with Crippen molar-refractivity contribution in [3.05, 3.63) is 34.1 Å². The minimum atomic E-state index is -0.432. The molecule has 3 rings (SSSR count).